The maximum absolute atomic E-state index is 12.3. The van der Waals surface area contributed by atoms with Gasteiger partial charge in [-0.25, -0.2) is 0 Å². The Hall–Kier alpha value is -2.49. The second-order valence-corrected chi connectivity index (χ2v) is 9.53. The van der Waals surface area contributed by atoms with Crippen molar-refractivity contribution >= 4 is 16.1 Å². The van der Waals surface area contributed by atoms with Crippen molar-refractivity contribution in [3.05, 3.63) is 59.9 Å². The molecule has 0 aliphatic carbocycles. The summed E-state index contributed by atoms with van der Waals surface area (Å²) in [6, 6.07) is 10.9. The van der Waals surface area contributed by atoms with Crippen molar-refractivity contribution in [2.24, 2.45) is 0 Å². The Morgan fingerprint density at radius 3 is 2.37 bits per heavy atom. The Kier molecular flexibility index (Phi) is 7.41. The fourth-order valence-corrected chi connectivity index (χ4v) is 4.39. The molecule has 0 bridgehead atoms. The first-order valence-corrected chi connectivity index (χ1v) is 11.4. The molecule has 0 atom stereocenters. The molecule has 2 aromatic rings. The first kappa shape index (κ1) is 22.2. The van der Waals surface area contributed by atoms with E-state index in [0.717, 1.165) is 12.0 Å². The quantitative estimate of drug-likeness (QED) is 0.686. The van der Waals surface area contributed by atoms with E-state index in [2.05, 4.69) is 10.3 Å². The van der Waals surface area contributed by atoms with Crippen molar-refractivity contribution in [3.8, 4) is 5.75 Å². The van der Waals surface area contributed by atoms with Gasteiger partial charge in [0.2, 0.25) is 0 Å². The highest BCUT2D eigenvalue weighted by Crippen LogP contribution is 2.21. The van der Waals surface area contributed by atoms with Crippen LogP contribution in [0.25, 0.3) is 0 Å². The highest BCUT2D eigenvalue weighted by Gasteiger charge is 2.30. The van der Waals surface area contributed by atoms with Crippen LogP contribution in [0.15, 0.2) is 48.8 Å². The third kappa shape index (κ3) is 5.78. The molecule has 0 spiro atoms. The van der Waals surface area contributed by atoms with Crippen LogP contribution in [0.2, 0.25) is 0 Å². The highest BCUT2D eigenvalue weighted by molar-refractivity contribution is 7.86. The van der Waals surface area contributed by atoms with Gasteiger partial charge in [0.25, 0.3) is 16.1 Å². The summed E-state index contributed by atoms with van der Waals surface area (Å²) in [5.74, 6) is 0.551. The highest BCUT2D eigenvalue weighted by atomic mass is 32.2. The van der Waals surface area contributed by atoms with E-state index in [-0.39, 0.29) is 12.0 Å². The Bertz CT molecular complexity index is 925. The number of aromatic nitrogens is 1. The largest absolute Gasteiger partial charge is 0.490 e. The summed E-state index contributed by atoms with van der Waals surface area (Å²) in [6.45, 7) is 1.42. The maximum Gasteiger partial charge on any atom is 0.281 e. The van der Waals surface area contributed by atoms with E-state index < -0.39 is 10.2 Å². The zero-order valence-electron chi connectivity index (χ0n) is 17.3. The molecule has 1 aliphatic heterocycles. The molecule has 1 aliphatic rings. The lowest BCUT2D eigenvalue weighted by atomic mass is 10.1. The molecule has 0 radical (unpaired) electrons. The summed E-state index contributed by atoms with van der Waals surface area (Å²) in [6.07, 6.45) is 5.44. The zero-order chi connectivity index (χ0) is 21.6. The molecule has 0 saturated carbocycles. The first-order chi connectivity index (χ1) is 14.4. The predicted octanol–water partition coefficient (Wildman–Crippen LogP) is 1.70. The number of nitrogens with zero attached hydrogens (tertiary/aromatic N) is 3. The number of amides is 1. The number of carbonyl (C=O) groups excluding carboxylic acids is 1. The molecule has 0 unspecified atom stereocenters. The number of hydrogen-bond donors (Lipinski definition) is 1. The fourth-order valence-electron chi connectivity index (χ4n) is 3.26. The van der Waals surface area contributed by atoms with Crippen LogP contribution in [0.3, 0.4) is 0 Å². The number of benzene rings is 1. The molecular weight excluding hydrogens is 404 g/mol. The van der Waals surface area contributed by atoms with Crippen LogP contribution in [0, 0.1) is 0 Å². The van der Waals surface area contributed by atoms with Gasteiger partial charge in [0.15, 0.2) is 0 Å². The fraction of sp³-hybridized carbons (Fsp3) is 0.429. The number of rotatable bonds is 8. The number of carbonyl (C=O) groups is 1. The van der Waals surface area contributed by atoms with Crippen molar-refractivity contribution in [2.45, 2.75) is 25.4 Å². The molecule has 1 aromatic carbocycles. The van der Waals surface area contributed by atoms with Crippen molar-refractivity contribution in [1.82, 2.24) is 18.9 Å². The number of piperidine rings is 1. The van der Waals surface area contributed by atoms with Crippen molar-refractivity contribution in [3.63, 3.8) is 0 Å². The Morgan fingerprint density at radius 2 is 1.77 bits per heavy atom. The van der Waals surface area contributed by atoms with E-state index in [9.17, 15) is 13.2 Å². The molecule has 9 heteroatoms. The Labute approximate surface area is 178 Å². The van der Waals surface area contributed by atoms with Crippen molar-refractivity contribution in [1.29, 1.82) is 0 Å². The number of ether oxygens (including phenoxy) is 1. The monoisotopic (exact) mass is 432 g/mol. The summed E-state index contributed by atoms with van der Waals surface area (Å²) in [5.41, 5.74) is 1.70. The third-order valence-electron chi connectivity index (χ3n) is 5.06. The number of pyridine rings is 1. The topological polar surface area (TPSA) is 91.8 Å². The van der Waals surface area contributed by atoms with Crippen LogP contribution >= 0.6 is 0 Å². The average Bonchev–Trinajstić information content (AvgIpc) is 2.75. The minimum absolute atomic E-state index is 0.0429. The smallest absolute Gasteiger partial charge is 0.281 e. The molecule has 1 aromatic heterocycles. The van der Waals surface area contributed by atoms with Crippen molar-refractivity contribution in [2.75, 3.05) is 33.7 Å². The summed E-state index contributed by atoms with van der Waals surface area (Å²) >= 11 is 0. The standard InChI is InChI=1S/C21H28N4O4S/c1-24(2)30(27,28)25-15-10-20(11-16-25)29-19-5-3-18(4-6-19)21(26)23-14-9-17-7-12-22-13-8-17/h3-8,12-13,20H,9-11,14-16H2,1-2H3,(H,23,26). The minimum Gasteiger partial charge on any atom is -0.490 e. The van der Waals surface area contributed by atoms with E-state index >= 15 is 0 Å². The van der Waals surface area contributed by atoms with Crippen LogP contribution < -0.4 is 10.1 Å². The minimum atomic E-state index is -3.37. The Balaban J connectivity index is 1.45. The third-order valence-corrected chi connectivity index (χ3v) is 7.00. The van der Waals surface area contributed by atoms with Gasteiger partial charge in [-0.1, -0.05) is 0 Å². The molecule has 1 amide bonds. The average molecular weight is 433 g/mol. The van der Waals surface area contributed by atoms with Gasteiger partial charge in [-0.15, -0.1) is 0 Å². The molecule has 2 heterocycles. The molecule has 8 nitrogen and oxygen atoms in total. The van der Waals surface area contributed by atoms with Crippen LogP contribution in [-0.4, -0.2) is 67.8 Å². The Morgan fingerprint density at radius 1 is 1.13 bits per heavy atom. The van der Waals surface area contributed by atoms with E-state index in [0.29, 0.717) is 43.8 Å². The van der Waals surface area contributed by atoms with Gasteiger partial charge < -0.3 is 10.1 Å². The molecule has 1 fully saturated rings. The lowest BCUT2D eigenvalue weighted by Gasteiger charge is -2.32. The molecule has 162 valence electrons. The van der Waals surface area contributed by atoms with Crippen LogP contribution in [0.5, 0.6) is 5.75 Å². The summed E-state index contributed by atoms with van der Waals surface area (Å²) in [4.78, 5) is 16.3. The van der Waals surface area contributed by atoms with E-state index in [1.165, 1.54) is 22.7 Å². The van der Waals surface area contributed by atoms with Gasteiger partial charge in [0.1, 0.15) is 11.9 Å². The lowest BCUT2D eigenvalue weighted by molar-refractivity contribution is 0.0954. The number of nitrogens with one attached hydrogen (secondary N) is 1. The normalized spacial score (nSPS) is 15.8. The van der Waals surface area contributed by atoms with E-state index in [1.54, 1.807) is 36.7 Å². The summed E-state index contributed by atoms with van der Waals surface area (Å²) < 4.78 is 33.0. The summed E-state index contributed by atoms with van der Waals surface area (Å²) in [7, 11) is -0.300. The van der Waals surface area contributed by atoms with Gasteiger partial charge in [0, 0.05) is 51.7 Å². The van der Waals surface area contributed by atoms with Gasteiger partial charge in [-0.2, -0.15) is 17.0 Å². The predicted molar refractivity (Wildman–Crippen MR) is 115 cm³/mol. The molecule has 1 N–H and O–H groups in total. The molecule has 3 rings (SSSR count). The van der Waals surface area contributed by atoms with Crippen LogP contribution in [-0.2, 0) is 16.6 Å². The molecule has 1 saturated heterocycles. The zero-order valence-corrected chi connectivity index (χ0v) is 18.1. The summed E-state index contributed by atoms with van der Waals surface area (Å²) in [5, 5.41) is 2.91. The maximum atomic E-state index is 12.3. The van der Waals surface area contributed by atoms with Gasteiger partial charge >= 0.3 is 0 Å². The van der Waals surface area contributed by atoms with Crippen LogP contribution in [0.4, 0.5) is 0 Å². The van der Waals surface area contributed by atoms with E-state index in [4.69, 9.17) is 4.74 Å². The van der Waals surface area contributed by atoms with Gasteiger partial charge in [-0.3, -0.25) is 9.78 Å². The van der Waals surface area contributed by atoms with Gasteiger partial charge in [0.05, 0.1) is 0 Å². The lowest BCUT2D eigenvalue weighted by Crippen LogP contribution is -2.46. The second kappa shape index (κ2) is 10.0. The second-order valence-electron chi connectivity index (χ2n) is 7.39. The SMILES string of the molecule is CN(C)S(=O)(=O)N1CCC(Oc2ccc(C(=O)NCCc3ccncc3)cc2)CC1. The van der Waals surface area contributed by atoms with Crippen molar-refractivity contribution < 1.29 is 17.9 Å². The molecule has 30 heavy (non-hydrogen) atoms. The first-order valence-electron chi connectivity index (χ1n) is 9.97. The van der Waals surface area contributed by atoms with E-state index in [1.807, 2.05) is 12.1 Å². The molecular formula is C21H28N4O4S. The van der Waals surface area contributed by atoms with Crippen LogP contribution in [0.1, 0.15) is 28.8 Å². The number of hydrogen-bond acceptors (Lipinski definition) is 5. The van der Waals surface area contributed by atoms with Gasteiger partial charge in [-0.05, 0) is 61.2 Å².